The molecule has 2 unspecified atom stereocenters. The summed E-state index contributed by atoms with van der Waals surface area (Å²) < 4.78 is 1.73. The van der Waals surface area contributed by atoms with Crippen LogP contribution in [0.4, 0.5) is 5.69 Å². The third-order valence-electron chi connectivity index (χ3n) is 3.24. The van der Waals surface area contributed by atoms with Crippen LogP contribution in [0.25, 0.3) is 0 Å². The van der Waals surface area contributed by atoms with Crippen LogP contribution in [0, 0.1) is 5.92 Å². The summed E-state index contributed by atoms with van der Waals surface area (Å²) in [7, 11) is 1.86. The number of nitrogens with one attached hydrogen (secondary N) is 1. The molecule has 19 heavy (non-hydrogen) atoms. The number of hydrogen-bond acceptors (Lipinski definition) is 3. The standard InChI is InChI=1S/C14H26N4O/c1-5-12-13(9-18(4)17-12)16-14(19)10(2)7-6-8-11(3)15/h9-11H,5-8,15H2,1-4H3,(H,16,19). The number of nitrogens with two attached hydrogens (primary N) is 1. The Hall–Kier alpha value is -1.36. The van der Waals surface area contributed by atoms with Crippen molar-refractivity contribution in [2.24, 2.45) is 18.7 Å². The predicted octanol–water partition coefficient (Wildman–Crippen LogP) is 2.07. The quantitative estimate of drug-likeness (QED) is 0.793. The van der Waals surface area contributed by atoms with E-state index in [1.165, 1.54) is 0 Å². The Morgan fingerprint density at radius 2 is 2.16 bits per heavy atom. The first-order valence-corrected chi connectivity index (χ1v) is 7.03. The number of nitrogens with zero attached hydrogens (tertiary/aromatic N) is 2. The van der Waals surface area contributed by atoms with Crippen molar-refractivity contribution in [3.8, 4) is 0 Å². The first kappa shape index (κ1) is 15.7. The lowest BCUT2D eigenvalue weighted by Crippen LogP contribution is -2.21. The lowest BCUT2D eigenvalue weighted by Gasteiger charge is -2.12. The van der Waals surface area contributed by atoms with Crippen molar-refractivity contribution in [3.05, 3.63) is 11.9 Å². The maximum Gasteiger partial charge on any atom is 0.227 e. The zero-order chi connectivity index (χ0) is 14.4. The molecule has 0 aliphatic carbocycles. The molecule has 2 atom stereocenters. The van der Waals surface area contributed by atoms with E-state index in [4.69, 9.17) is 5.73 Å². The van der Waals surface area contributed by atoms with Gasteiger partial charge in [-0.3, -0.25) is 9.48 Å². The van der Waals surface area contributed by atoms with E-state index >= 15 is 0 Å². The summed E-state index contributed by atoms with van der Waals surface area (Å²) in [4.78, 5) is 12.1. The Labute approximate surface area is 115 Å². The van der Waals surface area contributed by atoms with Crippen LogP contribution in [0.2, 0.25) is 0 Å². The highest BCUT2D eigenvalue weighted by Crippen LogP contribution is 2.17. The van der Waals surface area contributed by atoms with Crippen molar-refractivity contribution in [2.45, 2.75) is 52.5 Å². The highest BCUT2D eigenvalue weighted by molar-refractivity contribution is 5.92. The van der Waals surface area contributed by atoms with Crippen LogP contribution in [0.3, 0.4) is 0 Å². The molecule has 0 spiro atoms. The van der Waals surface area contributed by atoms with E-state index in [-0.39, 0.29) is 17.9 Å². The lowest BCUT2D eigenvalue weighted by molar-refractivity contribution is -0.119. The third kappa shape index (κ3) is 5.03. The summed E-state index contributed by atoms with van der Waals surface area (Å²) in [5.74, 6) is 0.0658. The van der Waals surface area contributed by atoms with Crippen molar-refractivity contribution < 1.29 is 4.79 Å². The van der Waals surface area contributed by atoms with Gasteiger partial charge in [-0.25, -0.2) is 0 Å². The molecule has 0 saturated heterocycles. The number of carbonyl (C=O) groups excluding carboxylic acids is 1. The van der Waals surface area contributed by atoms with Gasteiger partial charge in [-0.15, -0.1) is 0 Å². The van der Waals surface area contributed by atoms with Gasteiger partial charge in [-0.1, -0.05) is 20.3 Å². The van der Waals surface area contributed by atoms with Crippen LogP contribution in [0.1, 0.15) is 45.7 Å². The highest BCUT2D eigenvalue weighted by atomic mass is 16.1. The zero-order valence-corrected chi connectivity index (χ0v) is 12.4. The van der Waals surface area contributed by atoms with E-state index in [9.17, 15) is 4.79 Å². The number of amides is 1. The first-order chi connectivity index (χ1) is 8.93. The molecule has 0 saturated carbocycles. The number of rotatable bonds is 7. The zero-order valence-electron chi connectivity index (χ0n) is 12.4. The lowest BCUT2D eigenvalue weighted by atomic mass is 10.0. The monoisotopic (exact) mass is 266 g/mol. The minimum absolute atomic E-state index is 0.00339. The average molecular weight is 266 g/mol. The second-order valence-electron chi connectivity index (χ2n) is 5.32. The molecule has 3 N–H and O–H groups in total. The van der Waals surface area contributed by atoms with E-state index in [0.29, 0.717) is 0 Å². The predicted molar refractivity (Wildman–Crippen MR) is 77.9 cm³/mol. The molecule has 1 rings (SSSR count). The van der Waals surface area contributed by atoms with Gasteiger partial charge in [-0.2, -0.15) is 5.10 Å². The van der Waals surface area contributed by atoms with Crippen LogP contribution < -0.4 is 11.1 Å². The number of aromatic nitrogens is 2. The van der Waals surface area contributed by atoms with Gasteiger partial charge in [0.05, 0.1) is 11.4 Å². The van der Waals surface area contributed by atoms with Crippen LogP contribution in [0.15, 0.2) is 6.20 Å². The molecule has 0 aliphatic heterocycles. The molecule has 108 valence electrons. The molecule has 1 amide bonds. The molecule has 1 heterocycles. The van der Waals surface area contributed by atoms with Gasteiger partial charge in [0, 0.05) is 25.2 Å². The minimum atomic E-state index is 0.00339. The van der Waals surface area contributed by atoms with E-state index in [0.717, 1.165) is 37.1 Å². The number of hydrogen-bond donors (Lipinski definition) is 2. The fourth-order valence-electron chi connectivity index (χ4n) is 2.03. The van der Waals surface area contributed by atoms with Crippen molar-refractivity contribution in [2.75, 3.05) is 5.32 Å². The van der Waals surface area contributed by atoms with Gasteiger partial charge in [-0.05, 0) is 26.2 Å². The molecule has 0 aliphatic rings. The summed E-state index contributed by atoms with van der Waals surface area (Å²) in [5.41, 5.74) is 7.46. The summed E-state index contributed by atoms with van der Waals surface area (Å²) in [5, 5.41) is 7.28. The molecular formula is C14H26N4O. The highest BCUT2D eigenvalue weighted by Gasteiger charge is 2.15. The second-order valence-corrected chi connectivity index (χ2v) is 5.32. The van der Waals surface area contributed by atoms with E-state index in [1.807, 2.05) is 34.0 Å². The van der Waals surface area contributed by atoms with E-state index in [1.54, 1.807) is 4.68 Å². The summed E-state index contributed by atoms with van der Waals surface area (Å²) >= 11 is 0. The number of carbonyl (C=O) groups is 1. The van der Waals surface area contributed by atoms with Crippen molar-refractivity contribution in [1.29, 1.82) is 0 Å². The van der Waals surface area contributed by atoms with Crippen LogP contribution in [0.5, 0.6) is 0 Å². The van der Waals surface area contributed by atoms with Gasteiger partial charge in [0.25, 0.3) is 0 Å². The number of anilines is 1. The van der Waals surface area contributed by atoms with E-state index < -0.39 is 0 Å². The van der Waals surface area contributed by atoms with Gasteiger partial charge in [0.2, 0.25) is 5.91 Å². The van der Waals surface area contributed by atoms with Gasteiger partial charge in [0.1, 0.15) is 0 Å². The second kappa shape index (κ2) is 7.28. The third-order valence-corrected chi connectivity index (χ3v) is 3.24. The Bertz CT molecular complexity index is 412. The maximum atomic E-state index is 12.1. The Morgan fingerprint density at radius 3 is 2.74 bits per heavy atom. The Morgan fingerprint density at radius 1 is 1.47 bits per heavy atom. The van der Waals surface area contributed by atoms with Crippen LogP contribution >= 0.6 is 0 Å². The molecule has 1 aromatic rings. The first-order valence-electron chi connectivity index (χ1n) is 7.03. The van der Waals surface area contributed by atoms with Crippen molar-refractivity contribution in [1.82, 2.24) is 9.78 Å². The summed E-state index contributed by atoms with van der Waals surface area (Å²) in [6.07, 6.45) is 5.49. The number of aryl methyl sites for hydroxylation is 2. The van der Waals surface area contributed by atoms with Crippen LogP contribution in [-0.2, 0) is 18.3 Å². The van der Waals surface area contributed by atoms with Crippen molar-refractivity contribution in [3.63, 3.8) is 0 Å². The smallest absolute Gasteiger partial charge is 0.227 e. The molecule has 0 aromatic carbocycles. The molecular weight excluding hydrogens is 240 g/mol. The minimum Gasteiger partial charge on any atom is -0.328 e. The topological polar surface area (TPSA) is 72.9 Å². The fourth-order valence-corrected chi connectivity index (χ4v) is 2.03. The van der Waals surface area contributed by atoms with Gasteiger partial charge in [0.15, 0.2) is 0 Å². The normalized spacial score (nSPS) is 14.2. The summed E-state index contributed by atoms with van der Waals surface area (Å²) in [6, 6.07) is 0.209. The molecule has 0 bridgehead atoms. The molecule has 1 aromatic heterocycles. The van der Waals surface area contributed by atoms with Gasteiger partial charge >= 0.3 is 0 Å². The molecule has 0 radical (unpaired) electrons. The van der Waals surface area contributed by atoms with Crippen LogP contribution in [-0.4, -0.2) is 21.7 Å². The van der Waals surface area contributed by atoms with E-state index in [2.05, 4.69) is 10.4 Å². The summed E-state index contributed by atoms with van der Waals surface area (Å²) in [6.45, 7) is 5.98. The molecule has 0 fully saturated rings. The molecule has 5 nitrogen and oxygen atoms in total. The van der Waals surface area contributed by atoms with Crippen molar-refractivity contribution >= 4 is 11.6 Å². The Balaban J connectivity index is 2.49. The fraction of sp³-hybridized carbons (Fsp3) is 0.714. The molecule has 5 heteroatoms. The largest absolute Gasteiger partial charge is 0.328 e. The SMILES string of the molecule is CCc1nn(C)cc1NC(=O)C(C)CCCC(C)N. The Kier molecular flexibility index (Phi) is 6.02. The van der Waals surface area contributed by atoms with Gasteiger partial charge < -0.3 is 11.1 Å². The maximum absolute atomic E-state index is 12.1. The average Bonchev–Trinajstić information content (AvgIpc) is 2.68.